The minimum Gasteiger partial charge on any atom is -0.458 e. The van der Waals surface area contributed by atoms with E-state index in [1.54, 1.807) is 12.1 Å². The fraction of sp³-hybridized carbons (Fsp3) is 0.125. The maximum Gasteiger partial charge on any atom is 0.254 e. The van der Waals surface area contributed by atoms with Crippen molar-refractivity contribution >= 4 is 28.8 Å². The third kappa shape index (κ3) is 3.60. The zero-order chi connectivity index (χ0) is 16.4. The number of rotatable bonds is 4. The molecule has 1 aromatic carbocycles. The summed E-state index contributed by atoms with van der Waals surface area (Å²) in [6, 6.07) is 7.38. The SMILES string of the molecule is Cc1nc(-c2ccc(CNC(=O)c3cc(Cl)ccc3F)o2)cs1. The normalized spacial score (nSPS) is 10.7. The van der Waals surface area contributed by atoms with E-state index in [-0.39, 0.29) is 12.1 Å². The van der Waals surface area contributed by atoms with Gasteiger partial charge in [-0.3, -0.25) is 4.79 Å². The summed E-state index contributed by atoms with van der Waals surface area (Å²) in [5.74, 6) is 0.0198. The molecule has 0 saturated heterocycles. The Labute approximate surface area is 140 Å². The van der Waals surface area contributed by atoms with Gasteiger partial charge in [-0.25, -0.2) is 9.37 Å². The fourth-order valence-electron chi connectivity index (χ4n) is 2.02. The predicted octanol–water partition coefficient (Wildman–Crippen LogP) is 4.43. The molecular weight excluding hydrogens is 339 g/mol. The lowest BCUT2D eigenvalue weighted by molar-refractivity contribution is 0.0944. The molecule has 0 bridgehead atoms. The van der Waals surface area contributed by atoms with Crippen molar-refractivity contribution in [2.45, 2.75) is 13.5 Å². The highest BCUT2D eigenvalue weighted by Gasteiger charge is 2.13. The number of aryl methyl sites for hydroxylation is 1. The van der Waals surface area contributed by atoms with Crippen LogP contribution in [-0.2, 0) is 6.54 Å². The van der Waals surface area contributed by atoms with E-state index in [4.69, 9.17) is 16.0 Å². The first-order chi connectivity index (χ1) is 11.0. The van der Waals surface area contributed by atoms with Crippen LogP contribution in [0.5, 0.6) is 0 Å². The first kappa shape index (κ1) is 15.7. The number of thiazole rings is 1. The lowest BCUT2D eigenvalue weighted by atomic mass is 10.2. The van der Waals surface area contributed by atoms with Crippen LogP contribution in [0.2, 0.25) is 5.02 Å². The average Bonchev–Trinajstić information content (AvgIpc) is 3.16. The van der Waals surface area contributed by atoms with E-state index in [0.717, 1.165) is 16.8 Å². The van der Waals surface area contributed by atoms with Crippen molar-refractivity contribution in [1.29, 1.82) is 0 Å². The molecule has 118 valence electrons. The minimum absolute atomic E-state index is 0.0978. The second-order valence-corrected chi connectivity index (χ2v) is 6.32. The van der Waals surface area contributed by atoms with E-state index >= 15 is 0 Å². The Bertz CT molecular complexity index is 859. The number of hydrogen-bond donors (Lipinski definition) is 1. The molecule has 3 aromatic rings. The minimum atomic E-state index is -0.620. The highest BCUT2D eigenvalue weighted by atomic mass is 35.5. The van der Waals surface area contributed by atoms with Crippen LogP contribution < -0.4 is 5.32 Å². The smallest absolute Gasteiger partial charge is 0.254 e. The van der Waals surface area contributed by atoms with Crippen molar-refractivity contribution in [3.63, 3.8) is 0 Å². The molecule has 0 fully saturated rings. The molecule has 2 aromatic heterocycles. The number of hydrogen-bond acceptors (Lipinski definition) is 4. The van der Waals surface area contributed by atoms with E-state index in [1.165, 1.54) is 23.5 Å². The highest BCUT2D eigenvalue weighted by molar-refractivity contribution is 7.09. The van der Waals surface area contributed by atoms with Gasteiger partial charge in [0.1, 0.15) is 17.3 Å². The van der Waals surface area contributed by atoms with Gasteiger partial charge in [0.15, 0.2) is 5.76 Å². The molecule has 0 saturated carbocycles. The lowest BCUT2D eigenvalue weighted by Crippen LogP contribution is -2.23. The van der Waals surface area contributed by atoms with E-state index in [9.17, 15) is 9.18 Å². The summed E-state index contributed by atoms with van der Waals surface area (Å²) in [5.41, 5.74) is 0.658. The Balaban J connectivity index is 1.68. The summed E-state index contributed by atoms with van der Waals surface area (Å²) < 4.78 is 19.3. The van der Waals surface area contributed by atoms with Gasteiger partial charge in [0.2, 0.25) is 0 Å². The Kier molecular flexibility index (Phi) is 4.45. The summed E-state index contributed by atoms with van der Waals surface area (Å²) in [4.78, 5) is 16.3. The molecule has 0 unspecified atom stereocenters. The zero-order valence-electron chi connectivity index (χ0n) is 12.1. The number of nitrogens with one attached hydrogen (secondary N) is 1. The largest absolute Gasteiger partial charge is 0.458 e. The molecular formula is C16H12ClFN2O2S. The number of amides is 1. The van der Waals surface area contributed by atoms with Gasteiger partial charge in [0, 0.05) is 10.4 Å². The second kappa shape index (κ2) is 6.52. The summed E-state index contributed by atoms with van der Waals surface area (Å²) in [6.45, 7) is 2.06. The lowest BCUT2D eigenvalue weighted by Gasteiger charge is -2.05. The van der Waals surface area contributed by atoms with Gasteiger partial charge in [-0.15, -0.1) is 11.3 Å². The number of halogens is 2. The van der Waals surface area contributed by atoms with Crippen molar-refractivity contribution in [2.75, 3.05) is 0 Å². The van der Waals surface area contributed by atoms with Crippen LogP contribution in [0.15, 0.2) is 40.1 Å². The van der Waals surface area contributed by atoms with Crippen LogP contribution in [0, 0.1) is 12.7 Å². The van der Waals surface area contributed by atoms with Crippen molar-refractivity contribution in [3.05, 3.63) is 62.9 Å². The molecule has 2 heterocycles. The van der Waals surface area contributed by atoms with Crippen molar-refractivity contribution in [1.82, 2.24) is 10.3 Å². The molecule has 23 heavy (non-hydrogen) atoms. The highest BCUT2D eigenvalue weighted by Crippen LogP contribution is 2.23. The van der Waals surface area contributed by atoms with Crippen LogP contribution in [0.25, 0.3) is 11.5 Å². The van der Waals surface area contributed by atoms with Crippen LogP contribution in [0.3, 0.4) is 0 Å². The second-order valence-electron chi connectivity index (χ2n) is 4.82. The first-order valence-corrected chi connectivity index (χ1v) is 8.03. The van der Waals surface area contributed by atoms with Gasteiger partial charge >= 0.3 is 0 Å². The van der Waals surface area contributed by atoms with E-state index in [2.05, 4.69) is 10.3 Å². The quantitative estimate of drug-likeness (QED) is 0.757. The van der Waals surface area contributed by atoms with Gasteiger partial charge in [0.05, 0.1) is 17.1 Å². The number of carbonyl (C=O) groups excluding carboxylic acids is 1. The average molecular weight is 351 g/mol. The first-order valence-electron chi connectivity index (χ1n) is 6.77. The standard InChI is InChI=1S/C16H12ClFN2O2S/c1-9-20-14(8-23-9)15-5-3-11(22-15)7-19-16(21)12-6-10(17)2-4-13(12)18/h2-6,8H,7H2,1H3,(H,19,21). The summed E-state index contributed by atoms with van der Waals surface area (Å²) in [7, 11) is 0. The molecule has 0 aliphatic rings. The Morgan fingerprint density at radius 1 is 1.39 bits per heavy atom. The van der Waals surface area contributed by atoms with Crippen LogP contribution in [-0.4, -0.2) is 10.9 Å². The van der Waals surface area contributed by atoms with Crippen LogP contribution in [0.1, 0.15) is 21.1 Å². The number of aromatic nitrogens is 1. The zero-order valence-corrected chi connectivity index (χ0v) is 13.7. The molecule has 1 N–H and O–H groups in total. The molecule has 0 spiro atoms. The summed E-state index contributed by atoms with van der Waals surface area (Å²) in [5, 5.41) is 5.75. The Morgan fingerprint density at radius 3 is 2.96 bits per heavy atom. The van der Waals surface area contributed by atoms with Gasteiger partial charge in [-0.1, -0.05) is 11.6 Å². The monoisotopic (exact) mass is 350 g/mol. The van der Waals surface area contributed by atoms with Crippen molar-refractivity contribution in [3.8, 4) is 11.5 Å². The molecule has 0 atom stereocenters. The molecule has 0 radical (unpaired) electrons. The maximum atomic E-state index is 13.6. The molecule has 0 aliphatic heterocycles. The molecule has 4 nitrogen and oxygen atoms in total. The number of carbonyl (C=O) groups is 1. The van der Waals surface area contributed by atoms with E-state index in [0.29, 0.717) is 16.5 Å². The Morgan fingerprint density at radius 2 is 2.22 bits per heavy atom. The van der Waals surface area contributed by atoms with Crippen molar-refractivity contribution in [2.24, 2.45) is 0 Å². The van der Waals surface area contributed by atoms with Gasteiger partial charge < -0.3 is 9.73 Å². The fourth-order valence-corrected chi connectivity index (χ4v) is 2.80. The predicted molar refractivity (Wildman–Crippen MR) is 87.1 cm³/mol. The van der Waals surface area contributed by atoms with E-state index in [1.807, 2.05) is 12.3 Å². The molecule has 3 rings (SSSR count). The molecule has 7 heteroatoms. The van der Waals surface area contributed by atoms with Crippen LogP contribution >= 0.6 is 22.9 Å². The number of nitrogens with zero attached hydrogens (tertiary/aromatic N) is 1. The summed E-state index contributed by atoms with van der Waals surface area (Å²) >= 11 is 7.31. The number of benzene rings is 1. The van der Waals surface area contributed by atoms with Crippen LogP contribution in [0.4, 0.5) is 4.39 Å². The van der Waals surface area contributed by atoms with Gasteiger partial charge in [0.25, 0.3) is 5.91 Å². The van der Waals surface area contributed by atoms with Crippen molar-refractivity contribution < 1.29 is 13.6 Å². The third-order valence-electron chi connectivity index (χ3n) is 3.13. The van der Waals surface area contributed by atoms with Gasteiger partial charge in [-0.05, 0) is 37.3 Å². The maximum absolute atomic E-state index is 13.6. The van der Waals surface area contributed by atoms with Gasteiger partial charge in [-0.2, -0.15) is 0 Å². The number of furan rings is 1. The summed E-state index contributed by atoms with van der Waals surface area (Å²) in [6.07, 6.45) is 0. The molecule has 0 aliphatic carbocycles. The third-order valence-corrected chi connectivity index (χ3v) is 4.14. The Hall–Kier alpha value is -2.18. The molecule has 1 amide bonds. The van der Waals surface area contributed by atoms with E-state index < -0.39 is 11.7 Å². The topological polar surface area (TPSA) is 55.1 Å².